The first kappa shape index (κ1) is 22.4. The van der Waals surface area contributed by atoms with Crippen LogP contribution in [0.15, 0.2) is 61.2 Å². The van der Waals surface area contributed by atoms with E-state index in [-0.39, 0.29) is 40.7 Å². The Morgan fingerprint density at radius 3 is 2.27 bits per heavy atom. The molecule has 0 aliphatic heterocycles. The summed E-state index contributed by atoms with van der Waals surface area (Å²) in [6.07, 6.45) is 6.93. The molecule has 1 radical (unpaired) electrons. The zero-order valence-electron chi connectivity index (χ0n) is 15.2. The van der Waals surface area contributed by atoms with Gasteiger partial charge < -0.3 is 12.4 Å². The Balaban J connectivity index is 0.00000169. The minimum atomic E-state index is 0. The molecule has 0 N–H and O–H groups in total. The van der Waals surface area contributed by atoms with E-state index in [0.717, 1.165) is 12.1 Å². The number of hydrogen-bond acceptors (Lipinski definition) is 1. The van der Waals surface area contributed by atoms with Gasteiger partial charge >= 0.3 is 5.91 Å². The smallest absolute Gasteiger partial charge is 0.314 e. The van der Waals surface area contributed by atoms with Crippen molar-refractivity contribution in [2.24, 2.45) is 0 Å². The van der Waals surface area contributed by atoms with Crippen molar-refractivity contribution >= 4 is 5.91 Å². The van der Waals surface area contributed by atoms with Gasteiger partial charge in [0.2, 0.25) is 0 Å². The van der Waals surface area contributed by atoms with E-state index in [1.54, 1.807) is 4.57 Å². The van der Waals surface area contributed by atoms with Crippen LogP contribution in [0, 0.1) is 20.8 Å². The van der Waals surface area contributed by atoms with E-state index in [0.29, 0.717) is 6.42 Å². The maximum absolute atomic E-state index is 12.4. The topological polar surface area (TPSA) is 25.9 Å². The van der Waals surface area contributed by atoms with Gasteiger partial charge in [0.25, 0.3) is 6.33 Å². The molecule has 3 rings (SSSR count). The summed E-state index contributed by atoms with van der Waals surface area (Å²) in [5, 5.41) is 0. The third kappa shape index (κ3) is 5.18. The third-order valence-corrected chi connectivity index (χ3v) is 4.29. The van der Waals surface area contributed by atoms with Crippen LogP contribution in [0.3, 0.4) is 0 Å². The van der Waals surface area contributed by atoms with Crippen molar-refractivity contribution < 1.29 is 44.1 Å². The Hall–Kier alpha value is -1.65. The van der Waals surface area contributed by atoms with Crippen LogP contribution in [0.25, 0.3) is 5.69 Å². The van der Waals surface area contributed by atoms with Gasteiger partial charge in [-0.25, -0.2) is 9.36 Å². The van der Waals surface area contributed by atoms with Crippen LogP contribution in [0.1, 0.15) is 33.5 Å². The summed E-state index contributed by atoms with van der Waals surface area (Å²) >= 11 is 0. The Bertz CT molecular complexity index is 852. The second-order valence-electron chi connectivity index (χ2n) is 6.35. The summed E-state index contributed by atoms with van der Waals surface area (Å²) in [7, 11) is 0. The molecule has 0 bridgehead atoms. The molecular weight excluding hydrogens is 529 g/mol. The molecule has 26 heavy (non-hydrogen) atoms. The number of imidazole rings is 1. The summed E-state index contributed by atoms with van der Waals surface area (Å²) < 4.78 is 3.71. The van der Waals surface area contributed by atoms with E-state index in [9.17, 15) is 4.79 Å². The molecule has 0 aliphatic rings. The van der Waals surface area contributed by atoms with Crippen LogP contribution < -0.4 is 17.0 Å². The van der Waals surface area contributed by atoms with Gasteiger partial charge in [-0.15, -0.1) is 0 Å². The summed E-state index contributed by atoms with van der Waals surface area (Å²) in [6, 6.07) is 14.5. The van der Waals surface area contributed by atoms with Crippen molar-refractivity contribution in [2.75, 3.05) is 0 Å². The van der Waals surface area contributed by atoms with E-state index in [1.165, 1.54) is 22.3 Å². The summed E-state index contributed by atoms with van der Waals surface area (Å²) in [4.78, 5) is 12.4. The Kier molecular flexibility index (Phi) is 8.51. The zero-order chi connectivity index (χ0) is 17.1. The van der Waals surface area contributed by atoms with E-state index in [1.807, 2.05) is 41.5 Å². The minimum Gasteiger partial charge on any atom is -1.00 e. The molecule has 0 unspecified atom stereocenters. The molecule has 0 saturated carbocycles. The first-order chi connectivity index (χ1) is 11.5. The molecule has 141 valence electrons. The third-order valence-electron chi connectivity index (χ3n) is 4.29. The fourth-order valence-corrected chi connectivity index (χ4v) is 3.24. The van der Waals surface area contributed by atoms with Crippen LogP contribution in [0.2, 0.25) is 0 Å². The van der Waals surface area contributed by atoms with Crippen LogP contribution in [0.5, 0.6) is 0 Å². The first-order valence-corrected chi connectivity index (χ1v) is 8.29. The first-order valence-electron chi connectivity index (χ1n) is 8.29. The number of nitrogens with zero attached hydrogens (tertiary/aromatic N) is 2. The second kappa shape index (κ2) is 9.89. The van der Waals surface area contributed by atoms with Gasteiger partial charge in [-0.3, -0.25) is 0 Å². The number of hydrogen-bond donors (Lipinski definition) is 0. The van der Waals surface area contributed by atoms with E-state index in [2.05, 4.69) is 45.0 Å². The van der Waals surface area contributed by atoms with Crippen LogP contribution in [-0.2, 0) is 28.8 Å². The van der Waals surface area contributed by atoms with Gasteiger partial charge in [0.1, 0.15) is 18.1 Å². The van der Waals surface area contributed by atoms with Gasteiger partial charge in [0.15, 0.2) is 0 Å². The van der Waals surface area contributed by atoms with Crippen molar-refractivity contribution in [3.05, 3.63) is 83.4 Å². The fourth-order valence-electron chi connectivity index (χ4n) is 3.24. The predicted octanol–water partition coefficient (Wildman–Crippen LogP) is 0.965. The SMILES string of the molecule is Cc1cc(C)c(-[n+]2ccn(C(=O)CCc3ccccc3)c2)c(C)c1.[Au].[Cl-]. The van der Waals surface area contributed by atoms with Crippen LogP contribution >= 0.6 is 0 Å². The maximum atomic E-state index is 12.4. The van der Waals surface area contributed by atoms with E-state index < -0.39 is 0 Å². The van der Waals surface area contributed by atoms with Crippen LogP contribution in [-0.4, -0.2) is 10.5 Å². The number of halogens is 1. The Morgan fingerprint density at radius 1 is 1.04 bits per heavy atom. The van der Waals surface area contributed by atoms with Gasteiger partial charge in [0.05, 0.1) is 6.42 Å². The molecule has 0 atom stereocenters. The molecule has 0 amide bonds. The van der Waals surface area contributed by atoms with Crippen LogP contribution in [0.4, 0.5) is 0 Å². The van der Waals surface area contributed by atoms with E-state index >= 15 is 0 Å². The monoisotopic (exact) mass is 551 g/mol. The standard InChI is InChI=1S/C21H23N2O.Au.ClH/c1-16-13-17(2)21(18(3)14-16)23-12-11-22(15-23)20(24)10-9-19-7-5-4-6-8-19;;/h4-8,11-15H,9-10H2,1-3H3;;1H/q+1;;/p-1. The molecule has 0 saturated heterocycles. The molecule has 2 aromatic carbocycles. The normalized spacial score (nSPS) is 9.96. The van der Waals surface area contributed by atoms with Crippen molar-refractivity contribution in [3.63, 3.8) is 0 Å². The number of carbonyl (C=O) groups is 1. The maximum Gasteiger partial charge on any atom is 0.314 e. The predicted molar refractivity (Wildman–Crippen MR) is 95.6 cm³/mol. The molecule has 5 heteroatoms. The van der Waals surface area contributed by atoms with Gasteiger partial charge in [-0.2, -0.15) is 4.57 Å². The number of carbonyl (C=O) groups excluding carboxylic acids is 1. The molecule has 0 fully saturated rings. The van der Waals surface area contributed by atoms with Crippen molar-refractivity contribution in [1.29, 1.82) is 0 Å². The molecule has 1 heterocycles. The molecule has 3 aromatic rings. The molecular formula is C21H23AuClN2O. The number of rotatable bonds is 4. The quantitative estimate of drug-likeness (QED) is 0.351. The Morgan fingerprint density at radius 2 is 1.65 bits per heavy atom. The Labute approximate surface area is 177 Å². The summed E-state index contributed by atoms with van der Waals surface area (Å²) in [6.45, 7) is 6.32. The van der Waals surface area contributed by atoms with E-state index in [4.69, 9.17) is 0 Å². The van der Waals surface area contributed by atoms with Gasteiger partial charge in [-0.05, 0) is 43.9 Å². The zero-order valence-corrected chi connectivity index (χ0v) is 18.1. The van der Waals surface area contributed by atoms with Crippen molar-refractivity contribution in [1.82, 2.24) is 4.57 Å². The minimum absolute atomic E-state index is 0. The molecule has 0 aliphatic carbocycles. The van der Waals surface area contributed by atoms with Crippen molar-refractivity contribution in [2.45, 2.75) is 33.6 Å². The van der Waals surface area contributed by atoms with Gasteiger partial charge in [-0.1, -0.05) is 48.0 Å². The molecule has 1 aromatic heterocycles. The average Bonchev–Trinajstić information content (AvgIpc) is 3.02. The average molecular weight is 552 g/mol. The molecule has 0 spiro atoms. The molecule has 3 nitrogen and oxygen atoms in total. The number of benzene rings is 2. The fraction of sp³-hybridized carbons (Fsp3) is 0.238. The second-order valence-corrected chi connectivity index (χ2v) is 6.35. The largest absolute Gasteiger partial charge is 1.00 e. The van der Waals surface area contributed by atoms with Crippen molar-refractivity contribution in [3.8, 4) is 5.69 Å². The summed E-state index contributed by atoms with van der Waals surface area (Å²) in [5.41, 5.74) is 6.03. The number of aromatic nitrogens is 2. The number of aryl methyl sites for hydroxylation is 4. The summed E-state index contributed by atoms with van der Waals surface area (Å²) in [5.74, 6) is 0.111. The van der Waals surface area contributed by atoms with Gasteiger partial charge in [0, 0.05) is 22.4 Å².